The third-order valence-corrected chi connectivity index (χ3v) is 5.59. The van der Waals surface area contributed by atoms with E-state index in [1.807, 2.05) is 42.5 Å². The maximum atomic E-state index is 13.4. The molecule has 0 saturated carbocycles. The van der Waals surface area contributed by atoms with Crippen LogP contribution in [0.5, 0.6) is 5.75 Å². The Morgan fingerprint density at radius 1 is 0.968 bits per heavy atom. The summed E-state index contributed by atoms with van der Waals surface area (Å²) in [6, 6.07) is 13.0. The fraction of sp³-hybridized carbons (Fsp3) is 0.400. The van der Waals surface area contributed by atoms with Gasteiger partial charge in [-0.05, 0) is 55.0 Å². The number of benzene rings is 1. The maximum Gasteiger partial charge on any atom is 0.278 e. The van der Waals surface area contributed by atoms with Gasteiger partial charge < -0.3 is 9.64 Å². The number of pyridine rings is 1. The Kier molecular flexibility index (Phi) is 6.35. The Morgan fingerprint density at radius 3 is 2.35 bits per heavy atom. The molecule has 2 aliphatic rings. The Balaban J connectivity index is 1.65. The van der Waals surface area contributed by atoms with E-state index in [4.69, 9.17) is 4.74 Å². The number of amides is 2. The third-order valence-electron chi connectivity index (χ3n) is 5.59. The van der Waals surface area contributed by atoms with Gasteiger partial charge in [0.15, 0.2) is 0 Å². The van der Waals surface area contributed by atoms with Crippen LogP contribution in [0.4, 0.5) is 0 Å². The number of hydrogen-bond donors (Lipinski definition) is 0. The van der Waals surface area contributed by atoms with E-state index >= 15 is 0 Å². The van der Waals surface area contributed by atoms with Gasteiger partial charge in [-0.25, -0.2) is 0 Å². The van der Waals surface area contributed by atoms with Gasteiger partial charge in [-0.15, -0.1) is 0 Å². The van der Waals surface area contributed by atoms with Crippen molar-refractivity contribution in [1.29, 1.82) is 0 Å². The van der Waals surface area contributed by atoms with Crippen molar-refractivity contribution in [2.24, 2.45) is 5.92 Å². The largest absolute Gasteiger partial charge is 0.493 e. The van der Waals surface area contributed by atoms with Crippen LogP contribution in [0.3, 0.4) is 0 Å². The van der Waals surface area contributed by atoms with Crippen LogP contribution >= 0.6 is 0 Å². The molecule has 6 heteroatoms. The zero-order valence-electron chi connectivity index (χ0n) is 18.2. The van der Waals surface area contributed by atoms with E-state index in [0.717, 1.165) is 43.7 Å². The molecule has 0 spiro atoms. The first-order chi connectivity index (χ1) is 15.0. The van der Waals surface area contributed by atoms with E-state index in [1.54, 1.807) is 6.20 Å². The first kappa shape index (κ1) is 21.1. The van der Waals surface area contributed by atoms with Gasteiger partial charge in [0, 0.05) is 19.3 Å². The predicted molar refractivity (Wildman–Crippen MR) is 119 cm³/mol. The summed E-state index contributed by atoms with van der Waals surface area (Å²) in [6.45, 7) is 6.60. The number of piperidine rings is 1. The number of rotatable bonds is 7. The molecule has 1 aromatic carbocycles. The van der Waals surface area contributed by atoms with Crippen LogP contribution in [0.1, 0.15) is 44.4 Å². The molecule has 31 heavy (non-hydrogen) atoms. The number of aromatic nitrogens is 1. The SMILES string of the molecule is CC(C)COc1ccc(C2=C(N3CCCCC3)C(=O)N(Cc3ccccn3)C2=O)cc1. The van der Waals surface area contributed by atoms with Crippen molar-refractivity contribution >= 4 is 17.4 Å². The average Bonchev–Trinajstić information content (AvgIpc) is 3.04. The Morgan fingerprint density at radius 2 is 1.71 bits per heavy atom. The second kappa shape index (κ2) is 9.33. The van der Waals surface area contributed by atoms with Crippen molar-refractivity contribution in [2.75, 3.05) is 19.7 Å². The first-order valence-electron chi connectivity index (χ1n) is 11.0. The topological polar surface area (TPSA) is 62.7 Å². The lowest BCUT2D eigenvalue weighted by atomic mass is 10.0. The van der Waals surface area contributed by atoms with E-state index in [0.29, 0.717) is 29.5 Å². The van der Waals surface area contributed by atoms with Crippen molar-refractivity contribution in [1.82, 2.24) is 14.8 Å². The summed E-state index contributed by atoms with van der Waals surface area (Å²) in [7, 11) is 0. The molecule has 0 N–H and O–H groups in total. The van der Waals surface area contributed by atoms with Crippen molar-refractivity contribution in [3.05, 3.63) is 65.6 Å². The lowest BCUT2D eigenvalue weighted by molar-refractivity contribution is -0.138. The molecule has 1 aromatic heterocycles. The first-order valence-corrected chi connectivity index (χ1v) is 11.0. The van der Waals surface area contributed by atoms with E-state index < -0.39 is 0 Å². The summed E-state index contributed by atoms with van der Waals surface area (Å²) >= 11 is 0. The van der Waals surface area contributed by atoms with E-state index in [9.17, 15) is 9.59 Å². The normalized spacial score (nSPS) is 17.1. The van der Waals surface area contributed by atoms with E-state index in [1.165, 1.54) is 4.90 Å². The highest BCUT2D eigenvalue weighted by molar-refractivity contribution is 6.35. The third kappa shape index (κ3) is 4.63. The molecule has 1 saturated heterocycles. The van der Waals surface area contributed by atoms with Crippen molar-refractivity contribution in [2.45, 2.75) is 39.7 Å². The van der Waals surface area contributed by atoms with Gasteiger partial charge in [0.25, 0.3) is 11.8 Å². The fourth-order valence-electron chi connectivity index (χ4n) is 4.01. The van der Waals surface area contributed by atoms with Gasteiger partial charge in [-0.1, -0.05) is 32.0 Å². The van der Waals surface area contributed by atoms with Crippen LogP contribution in [0.15, 0.2) is 54.4 Å². The highest BCUT2D eigenvalue weighted by Gasteiger charge is 2.41. The van der Waals surface area contributed by atoms with Crippen molar-refractivity contribution < 1.29 is 14.3 Å². The molecule has 2 amide bonds. The van der Waals surface area contributed by atoms with Crippen LogP contribution in [0.2, 0.25) is 0 Å². The second-order valence-electron chi connectivity index (χ2n) is 8.52. The minimum atomic E-state index is -0.257. The molecule has 0 unspecified atom stereocenters. The lowest BCUT2D eigenvalue weighted by Crippen LogP contribution is -2.37. The van der Waals surface area contributed by atoms with Crippen molar-refractivity contribution in [3.8, 4) is 5.75 Å². The number of nitrogens with zero attached hydrogens (tertiary/aromatic N) is 3. The zero-order chi connectivity index (χ0) is 21.8. The molecule has 3 heterocycles. The van der Waals surface area contributed by atoms with Crippen LogP contribution in [-0.4, -0.2) is 46.3 Å². The molecule has 0 atom stereocenters. The maximum absolute atomic E-state index is 13.4. The number of imide groups is 1. The van der Waals surface area contributed by atoms with Crippen LogP contribution < -0.4 is 4.74 Å². The van der Waals surface area contributed by atoms with Gasteiger partial charge in [-0.2, -0.15) is 0 Å². The molecule has 1 fully saturated rings. The van der Waals surface area contributed by atoms with Crippen molar-refractivity contribution in [3.63, 3.8) is 0 Å². The molecular weight excluding hydrogens is 390 g/mol. The highest BCUT2D eigenvalue weighted by atomic mass is 16.5. The standard InChI is InChI=1S/C25H29N3O3/c1-18(2)17-31-21-11-9-19(10-12-21)22-23(27-14-6-3-7-15-27)25(30)28(24(22)29)16-20-8-4-5-13-26-20/h4-5,8-13,18H,3,6-7,14-17H2,1-2H3. The molecular formula is C25H29N3O3. The highest BCUT2D eigenvalue weighted by Crippen LogP contribution is 2.34. The van der Waals surface area contributed by atoms with Gasteiger partial charge in [0.05, 0.1) is 24.4 Å². The number of carbonyl (C=O) groups is 2. The van der Waals surface area contributed by atoms with Gasteiger partial charge in [0.1, 0.15) is 11.4 Å². The number of hydrogen-bond acceptors (Lipinski definition) is 5. The summed E-state index contributed by atoms with van der Waals surface area (Å²) in [5.74, 6) is 0.710. The minimum Gasteiger partial charge on any atom is -0.493 e. The number of ether oxygens (including phenoxy) is 1. The second-order valence-corrected chi connectivity index (χ2v) is 8.52. The average molecular weight is 420 g/mol. The number of carbonyl (C=O) groups excluding carboxylic acids is 2. The number of likely N-dealkylation sites (tertiary alicyclic amines) is 1. The smallest absolute Gasteiger partial charge is 0.278 e. The summed E-state index contributed by atoms with van der Waals surface area (Å²) in [5, 5.41) is 0. The Bertz CT molecular complexity index is 961. The molecule has 4 rings (SSSR count). The summed E-state index contributed by atoms with van der Waals surface area (Å²) in [4.78, 5) is 34.5. The molecule has 6 nitrogen and oxygen atoms in total. The molecule has 0 bridgehead atoms. The van der Waals surface area contributed by atoms with Crippen LogP contribution in [0.25, 0.3) is 5.57 Å². The van der Waals surface area contributed by atoms with Gasteiger partial charge in [0.2, 0.25) is 0 Å². The molecule has 162 valence electrons. The Labute approximate surface area is 183 Å². The van der Waals surface area contributed by atoms with Crippen LogP contribution in [-0.2, 0) is 16.1 Å². The van der Waals surface area contributed by atoms with Gasteiger partial charge >= 0.3 is 0 Å². The van der Waals surface area contributed by atoms with E-state index in [-0.39, 0.29) is 18.4 Å². The summed E-state index contributed by atoms with van der Waals surface area (Å²) in [5.41, 5.74) is 2.45. The van der Waals surface area contributed by atoms with E-state index in [2.05, 4.69) is 23.7 Å². The van der Waals surface area contributed by atoms with Gasteiger partial charge in [-0.3, -0.25) is 19.5 Å². The molecule has 0 radical (unpaired) electrons. The quantitative estimate of drug-likeness (QED) is 0.638. The Hall–Kier alpha value is -3.15. The molecule has 0 aliphatic carbocycles. The predicted octanol–water partition coefficient (Wildman–Crippen LogP) is 3.88. The summed E-state index contributed by atoms with van der Waals surface area (Å²) < 4.78 is 5.78. The van der Waals surface area contributed by atoms with Crippen LogP contribution in [0, 0.1) is 5.92 Å². The zero-order valence-corrected chi connectivity index (χ0v) is 18.2. The molecule has 2 aromatic rings. The molecule has 2 aliphatic heterocycles. The summed E-state index contributed by atoms with van der Waals surface area (Å²) in [6.07, 6.45) is 4.89. The fourth-order valence-corrected chi connectivity index (χ4v) is 4.01. The monoisotopic (exact) mass is 419 g/mol. The minimum absolute atomic E-state index is 0.176. The lowest BCUT2D eigenvalue weighted by Gasteiger charge is -2.29.